The van der Waals surface area contributed by atoms with Gasteiger partial charge in [0.15, 0.2) is 0 Å². The van der Waals surface area contributed by atoms with Crippen LogP contribution in [0, 0.1) is 5.92 Å². The zero-order valence-corrected chi connectivity index (χ0v) is 7.18. The topological polar surface area (TPSA) is 44.7 Å². The highest BCUT2D eigenvalue weighted by molar-refractivity contribution is 5.80. The van der Waals surface area contributed by atoms with Crippen LogP contribution in [-0.4, -0.2) is 11.8 Å². The molecule has 10 heavy (non-hydrogen) atoms. The Morgan fingerprint density at radius 1 is 1.50 bits per heavy atom. The van der Waals surface area contributed by atoms with Crippen molar-refractivity contribution in [3.63, 3.8) is 0 Å². The Labute approximate surface area is 62.8 Å². The van der Waals surface area contributed by atoms with Gasteiger partial charge in [-0.2, -0.15) is 0 Å². The van der Waals surface area contributed by atoms with E-state index >= 15 is 0 Å². The molecule has 0 heterocycles. The largest absolute Gasteiger partial charge is 0.355 e. The number of hydrogen-bond acceptors (Lipinski definition) is 1. The fourth-order valence-corrected chi connectivity index (χ4v) is 0.772. The average Bonchev–Trinajstić information content (AvgIpc) is 1.85. The molecule has 0 aliphatic heterocycles. The van der Waals surface area contributed by atoms with E-state index < -0.39 is 0 Å². The summed E-state index contributed by atoms with van der Waals surface area (Å²) in [5, 5.41) is 0. The van der Waals surface area contributed by atoms with E-state index in [-0.39, 0.29) is 12.0 Å². The molecular weight excluding hydrogens is 126 g/mol. The zero-order valence-electron chi connectivity index (χ0n) is 7.18. The fourth-order valence-electron chi connectivity index (χ4n) is 0.772. The Bertz CT molecular complexity index is 110. The van der Waals surface area contributed by atoms with Gasteiger partial charge in [0.1, 0.15) is 5.78 Å². The second kappa shape index (κ2) is 4.45. The van der Waals surface area contributed by atoms with Gasteiger partial charge in [-0.1, -0.05) is 13.8 Å². The van der Waals surface area contributed by atoms with Crippen LogP contribution >= 0.6 is 0 Å². The molecule has 0 spiro atoms. The van der Waals surface area contributed by atoms with Crippen molar-refractivity contribution in [3.05, 3.63) is 0 Å². The van der Waals surface area contributed by atoms with E-state index in [9.17, 15) is 4.79 Å². The predicted octanol–water partition coefficient (Wildman–Crippen LogP) is 0.622. The lowest BCUT2D eigenvalue weighted by molar-refractivity contribution is -0.412. The normalized spacial score (nSPS) is 16.4. The summed E-state index contributed by atoms with van der Waals surface area (Å²) in [5.41, 5.74) is 3.77. The number of hydrogen-bond donors (Lipinski definition) is 1. The maximum atomic E-state index is 11.1. The minimum absolute atomic E-state index is 0.226. The van der Waals surface area contributed by atoms with Gasteiger partial charge < -0.3 is 5.73 Å². The van der Waals surface area contributed by atoms with Gasteiger partial charge in [0, 0.05) is 5.92 Å². The van der Waals surface area contributed by atoms with Gasteiger partial charge in [0.25, 0.3) is 0 Å². The standard InChI is InChI=1S/C8H17NO/c1-4-6(2)8(10)5-7(3)9/h6-7H,4-5,9H2,1-3H3/p+1. The smallest absolute Gasteiger partial charge is 0.141 e. The first-order valence-electron chi connectivity index (χ1n) is 3.93. The van der Waals surface area contributed by atoms with Crippen LogP contribution in [0.1, 0.15) is 33.6 Å². The van der Waals surface area contributed by atoms with E-state index in [1.807, 2.05) is 20.8 Å². The number of ketones is 1. The van der Waals surface area contributed by atoms with Crippen molar-refractivity contribution >= 4 is 5.78 Å². The quantitative estimate of drug-likeness (QED) is 0.617. The minimum atomic E-state index is 0.226. The van der Waals surface area contributed by atoms with Crippen molar-refractivity contribution in [2.24, 2.45) is 5.92 Å². The van der Waals surface area contributed by atoms with Crippen LogP contribution in [0.4, 0.5) is 0 Å². The summed E-state index contributed by atoms with van der Waals surface area (Å²) < 4.78 is 0. The Morgan fingerprint density at radius 2 is 2.00 bits per heavy atom. The molecule has 0 rings (SSSR count). The Balaban J connectivity index is 3.62. The van der Waals surface area contributed by atoms with Crippen molar-refractivity contribution < 1.29 is 10.5 Å². The molecule has 2 nitrogen and oxygen atoms in total. The monoisotopic (exact) mass is 144 g/mol. The SMILES string of the molecule is CCC(C)C(=O)CC(C)[NH3+]. The molecule has 0 aromatic carbocycles. The Kier molecular flexibility index (Phi) is 4.28. The molecule has 2 atom stereocenters. The summed E-state index contributed by atoms with van der Waals surface area (Å²) in [6.07, 6.45) is 1.58. The maximum Gasteiger partial charge on any atom is 0.141 e. The first kappa shape index (κ1) is 9.63. The Morgan fingerprint density at radius 3 is 2.30 bits per heavy atom. The van der Waals surface area contributed by atoms with Crippen molar-refractivity contribution in [1.82, 2.24) is 0 Å². The lowest BCUT2D eigenvalue weighted by Crippen LogP contribution is -2.59. The molecular formula is C8H18NO+. The summed E-state index contributed by atoms with van der Waals surface area (Å²) >= 11 is 0. The molecule has 0 amide bonds. The van der Waals surface area contributed by atoms with E-state index in [1.54, 1.807) is 0 Å². The van der Waals surface area contributed by atoms with E-state index in [0.29, 0.717) is 12.2 Å². The second-order valence-electron chi connectivity index (χ2n) is 3.08. The third-order valence-electron chi connectivity index (χ3n) is 1.71. The number of Topliss-reactive ketones (excluding diaryl/α,β-unsaturated/α-hetero) is 1. The lowest BCUT2D eigenvalue weighted by atomic mass is 9.99. The van der Waals surface area contributed by atoms with Gasteiger partial charge in [-0.3, -0.25) is 4.79 Å². The van der Waals surface area contributed by atoms with Gasteiger partial charge in [-0.05, 0) is 13.3 Å². The summed E-state index contributed by atoms with van der Waals surface area (Å²) in [6, 6.07) is 0.265. The summed E-state index contributed by atoms with van der Waals surface area (Å²) in [5.74, 6) is 0.578. The summed E-state index contributed by atoms with van der Waals surface area (Å²) in [4.78, 5) is 11.1. The molecule has 0 fully saturated rings. The summed E-state index contributed by atoms with van der Waals surface area (Å²) in [7, 11) is 0. The van der Waals surface area contributed by atoms with E-state index in [0.717, 1.165) is 6.42 Å². The van der Waals surface area contributed by atoms with Crippen LogP contribution in [-0.2, 0) is 4.79 Å². The first-order valence-corrected chi connectivity index (χ1v) is 3.93. The number of quaternary nitrogens is 1. The van der Waals surface area contributed by atoms with E-state index in [1.165, 1.54) is 0 Å². The molecule has 3 N–H and O–H groups in total. The molecule has 0 saturated heterocycles. The molecule has 0 radical (unpaired) electrons. The Hall–Kier alpha value is -0.370. The van der Waals surface area contributed by atoms with Gasteiger partial charge in [-0.25, -0.2) is 0 Å². The molecule has 60 valence electrons. The van der Waals surface area contributed by atoms with Crippen molar-refractivity contribution in [2.75, 3.05) is 0 Å². The van der Waals surface area contributed by atoms with E-state index in [4.69, 9.17) is 0 Å². The number of carbonyl (C=O) groups excluding carboxylic acids is 1. The lowest BCUT2D eigenvalue weighted by Gasteiger charge is -2.06. The third-order valence-corrected chi connectivity index (χ3v) is 1.71. The minimum Gasteiger partial charge on any atom is -0.355 e. The van der Waals surface area contributed by atoms with Gasteiger partial charge in [0.2, 0.25) is 0 Å². The van der Waals surface area contributed by atoms with Crippen molar-refractivity contribution in [3.8, 4) is 0 Å². The molecule has 0 aliphatic carbocycles. The molecule has 0 aromatic heterocycles. The predicted molar refractivity (Wildman–Crippen MR) is 41.4 cm³/mol. The van der Waals surface area contributed by atoms with Crippen molar-refractivity contribution in [1.29, 1.82) is 0 Å². The highest BCUT2D eigenvalue weighted by Gasteiger charge is 2.13. The molecule has 0 saturated carbocycles. The van der Waals surface area contributed by atoms with Gasteiger partial charge in [-0.15, -0.1) is 0 Å². The number of carbonyl (C=O) groups is 1. The molecule has 0 aromatic rings. The van der Waals surface area contributed by atoms with Crippen LogP contribution in [0.5, 0.6) is 0 Å². The zero-order chi connectivity index (χ0) is 8.15. The second-order valence-corrected chi connectivity index (χ2v) is 3.08. The molecule has 2 heteroatoms. The fraction of sp³-hybridized carbons (Fsp3) is 0.875. The van der Waals surface area contributed by atoms with Crippen LogP contribution in [0.25, 0.3) is 0 Å². The highest BCUT2D eigenvalue weighted by atomic mass is 16.1. The van der Waals surface area contributed by atoms with Crippen LogP contribution in [0.15, 0.2) is 0 Å². The van der Waals surface area contributed by atoms with E-state index in [2.05, 4.69) is 5.73 Å². The average molecular weight is 144 g/mol. The van der Waals surface area contributed by atoms with Crippen LogP contribution in [0.2, 0.25) is 0 Å². The number of rotatable bonds is 4. The van der Waals surface area contributed by atoms with Crippen LogP contribution in [0.3, 0.4) is 0 Å². The maximum absolute atomic E-state index is 11.1. The van der Waals surface area contributed by atoms with Gasteiger partial charge >= 0.3 is 0 Å². The van der Waals surface area contributed by atoms with Gasteiger partial charge in [0.05, 0.1) is 12.5 Å². The third kappa shape index (κ3) is 3.62. The highest BCUT2D eigenvalue weighted by Crippen LogP contribution is 2.05. The van der Waals surface area contributed by atoms with Crippen LogP contribution < -0.4 is 5.73 Å². The first-order chi connectivity index (χ1) is 4.57. The molecule has 2 unspecified atom stereocenters. The molecule has 0 aliphatic rings. The summed E-state index contributed by atoms with van der Waals surface area (Å²) in [6.45, 7) is 5.99. The molecule has 0 bridgehead atoms. The van der Waals surface area contributed by atoms with Crippen molar-refractivity contribution in [2.45, 2.75) is 39.7 Å².